The Bertz CT molecular complexity index is 1490. The van der Waals surface area contributed by atoms with Gasteiger partial charge in [-0.2, -0.15) is 0 Å². The van der Waals surface area contributed by atoms with E-state index in [1.165, 1.54) is 5.56 Å². The van der Waals surface area contributed by atoms with Gasteiger partial charge in [-0.3, -0.25) is 9.59 Å². The second-order valence-electron chi connectivity index (χ2n) is 14.0. The molecule has 1 heterocycles. The van der Waals surface area contributed by atoms with Gasteiger partial charge in [0.2, 0.25) is 0 Å². The number of hydrogen-bond acceptors (Lipinski definition) is 4. The highest BCUT2D eigenvalue weighted by Crippen LogP contribution is 2.45. The number of carboxylic acid groups (broad SMARTS) is 1. The van der Waals surface area contributed by atoms with Crippen LogP contribution in [0.5, 0.6) is 5.75 Å². The number of piperidine rings is 1. The molecule has 2 aliphatic rings. The number of carbonyl (C=O) groups is 2. The third-order valence-corrected chi connectivity index (χ3v) is 9.25. The Kier molecular flexibility index (Phi) is 10.4. The van der Waals surface area contributed by atoms with E-state index in [1.54, 1.807) is 0 Å². The number of anilines is 2. The summed E-state index contributed by atoms with van der Waals surface area (Å²) in [6, 6.07) is 21.8. The van der Waals surface area contributed by atoms with Gasteiger partial charge in [0.15, 0.2) is 0 Å². The zero-order chi connectivity index (χ0) is 32.1. The van der Waals surface area contributed by atoms with E-state index in [1.807, 2.05) is 59.5 Å². The Labute approximate surface area is 273 Å². The molecule has 240 valence electrons. The molecule has 2 fully saturated rings. The highest BCUT2D eigenvalue weighted by atomic mass is 35.5. The molecule has 1 aliphatic heterocycles. The Balaban J connectivity index is 1.28. The minimum Gasteiger partial charge on any atom is -0.493 e. The zero-order valence-electron chi connectivity index (χ0n) is 27.1. The molecule has 3 aromatic carbocycles. The lowest BCUT2D eigenvalue weighted by atomic mass is 9.91. The molecular weight excluding hydrogens is 584 g/mol. The molecule has 1 unspecified atom stereocenters. The standard InChI is InChI=1S/C38H47ClN2O4/c1-5-26-12-15-33(37(44)41(25-38(2,3)4)31-10-7-9-30(39)22-31)35(20-26)40-18-16-27(17-19-40)24-45-32-11-6-8-29(21-32)34(23-36(42)43)28-13-14-28/h6-12,15,20-22,27-28,34H,5,13-14,16-19,23-25H2,1-4H3,(H,42,43). The van der Waals surface area contributed by atoms with Crippen molar-refractivity contribution in [1.82, 2.24) is 0 Å². The highest BCUT2D eigenvalue weighted by molar-refractivity contribution is 6.31. The van der Waals surface area contributed by atoms with E-state index in [4.69, 9.17) is 16.3 Å². The molecule has 1 amide bonds. The summed E-state index contributed by atoms with van der Waals surface area (Å²) in [5.74, 6) is 0.987. The van der Waals surface area contributed by atoms with Crippen LogP contribution in [0.3, 0.4) is 0 Å². The van der Waals surface area contributed by atoms with Crippen molar-refractivity contribution in [1.29, 1.82) is 0 Å². The number of nitrogens with zero attached hydrogens (tertiary/aromatic N) is 2. The van der Waals surface area contributed by atoms with Crippen LogP contribution >= 0.6 is 11.6 Å². The van der Waals surface area contributed by atoms with Crippen LogP contribution in [0.2, 0.25) is 5.02 Å². The second kappa shape index (κ2) is 14.3. The Morgan fingerprint density at radius 1 is 1.00 bits per heavy atom. The summed E-state index contributed by atoms with van der Waals surface area (Å²) >= 11 is 6.36. The SMILES string of the molecule is CCc1ccc(C(=O)N(CC(C)(C)C)c2cccc(Cl)c2)c(N2CCC(COc3cccc(C(CC(=O)O)C4CC4)c3)CC2)c1. The molecule has 1 aliphatic carbocycles. The fraction of sp³-hybridized carbons (Fsp3) is 0.474. The number of amides is 1. The van der Waals surface area contributed by atoms with Gasteiger partial charge in [-0.25, -0.2) is 0 Å². The van der Waals surface area contributed by atoms with Crippen molar-refractivity contribution in [2.45, 2.75) is 72.1 Å². The first-order chi connectivity index (χ1) is 21.5. The quantitative estimate of drug-likeness (QED) is 0.216. The average molecular weight is 631 g/mol. The summed E-state index contributed by atoms with van der Waals surface area (Å²) in [6.07, 6.45) is 5.21. The van der Waals surface area contributed by atoms with Gasteiger partial charge in [0.1, 0.15) is 5.75 Å². The molecule has 0 bridgehead atoms. The Morgan fingerprint density at radius 2 is 1.73 bits per heavy atom. The lowest BCUT2D eigenvalue weighted by molar-refractivity contribution is -0.137. The normalized spacial score (nSPS) is 16.3. The van der Waals surface area contributed by atoms with E-state index >= 15 is 0 Å². The van der Waals surface area contributed by atoms with E-state index in [0.29, 0.717) is 30.0 Å². The lowest BCUT2D eigenvalue weighted by Crippen LogP contribution is -2.40. The summed E-state index contributed by atoms with van der Waals surface area (Å²) in [4.78, 5) is 30.0. The van der Waals surface area contributed by atoms with Crippen LogP contribution in [0.15, 0.2) is 66.7 Å². The third-order valence-electron chi connectivity index (χ3n) is 9.01. The van der Waals surface area contributed by atoms with E-state index in [2.05, 4.69) is 44.7 Å². The number of rotatable bonds is 12. The first kappa shape index (κ1) is 32.9. The summed E-state index contributed by atoms with van der Waals surface area (Å²) in [7, 11) is 0. The number of hydrogen-bond donors (Lipinski definition) is 1. The lowest BCUT2D eigenvalue weighted by Gasteiger charge is -2.36. The zero-order valence-corrected chi connectivity index (χ0v) is 27.9. The summed E-state index contributed by atoms with van der Waals surface area (Å²) in [5.41, 5.74) is 4.70. The minimum atomic E-state index is -0.745. The molecule has 45 heavy (non-hydrogen) atoms. The van der Waals surface area contributed by atoms with Gasteiger partial charge in [-0.15, -0.1) is 0 Å². The van der Waals surface area contributed by atoms with E-state index in [9.17, 15) is 14.7 Å². The van der Waals surface area contributed by atoms with Crippen molar-refractivity contribution in [3.63, 3.8) is 0 Å². The fourth-order valence-electron chi connectivity index (χ4n) is 6.42. The molecule has 3 aromatic rings. The summed E-state index contributed by atoms with van der Waals surface area (Å²) in [6.45, 7) is 11.5. The summed E-state index contributed by atoms with van der Waals surface area (Å²) in [5, 5.41) is 10.0. The van der Waals surface area contributed by atoms with Gasteiger partial charge in [0.05, 0.1) is 18.6 Å². The van der Waals surface area contributed by atoms with Crippen molar-refractivity contribution in [3.8, 4) is 5.75 Å². The molecule has 0 spiro atoms. The van der Waals surface area contributed by atoms with Gasteiger partial charge in [0.25, 0.3) is 5.91 Å². The number of carbonyl (C=O) groups excluding carboxylic acids is 1. The van der Waals surface area contributed by atoms with Crippen molar-refractivity contribution in [2.24, 2.45) is 17.3 Å². The maximum absolute atomic E-state index is 14.3. The molecule has 1 N–H and O–H groups in total. The molecular formula is C38H47ClN2O4. The van der Waals surface area contributed by atoms with Crippen LogP contribution in [0.25, 0.3) is 0 Å². The molecule has 1 saturated carbocycles. The van der Waals surface area contributed by atoms with Gasteiger partial charge in [-0.05, 0) is 109 Å². The van der Waals surface area contributed by atoms with Crippen LogP contribution in [0.1, 0.15) is 87.2 Å². The molecule has 6 nitrogen and oxygen atoms in total. The van der Waals surface area contributed by atoms with Crippen LogP contribution < -0.4 is 14.5 Å². The first-order valence-electron chi connectivity index (χ1n) is 16.4. The maximum Gasteiger partial charge on any atom is 0.303 e. The van der Waals surface area contributed by atoms with Crippen LogP contribution in [-0.4, -0.2) is 43.2 Å². The van der Waals surface area contributed by atoms with Crippen molar-refractivity contribution in [3.05, 3.63) is 88.4 Å². The van der Waals surface area contributed by atoms with Gasteiger partial charge in [0, 0.05) is 36.0 Å². The topological polar surface area (TPSA) is 70.1 Å². The number of ether oxygens (including phenoxy) is 1. The van der Waals surface area contributed by atoms with Gasteiger partial charge >= 0.3 is 5.97 Å². The van der Waals surface area contributed by atoms with Crippen LogP contribution in [-0.2, 0) is 11.2 Å². The van der Waals surface area contributed by atoms with Gasteiger partial charge < -0.3 is 19.6 Å². The average Bonchev–Trinajstić information content (AvgIpc) is 3.86. The molecule has 7 heteroatoms. The predicted molar refractivity (Wildman–Crippen MR) is 183 cm³/mol. The second-order valence-corrected chi connectivity index (χ2v) is 14.4. The maximum atomic E-state index is 14.3. The monoisotopic (exact) mass is 630 g/mol. The van der Waals surface area contributed by atoms with Crippen LogP contribution in [0, 0.1) is 17.3 Å². The summed E-state index contributed by atoms with van der Waals surface area (Å²) < 4.78 is 6.28. The van der Waals surface area contributed by atoms with E-state index < -0.39 is 5.97 Å². The van der Waals surface area contributed by atoms with Crippen LogP contribution in [0.4, 0.5) is 11.4 Å². The van der Waals surface area contributed by atoms with E-state index in [0.717, 1.165) is 73.4 Å². The largest absolute Gasteiger partial charge is 0.493 e. The molecule has 0 aromatic heterocycles. The van der Waals surface area contributed by atoms with Crippen molar-refractivity contribution < 1.29 is 19.4 Å². The van der Waals surface area contributed by atoms with E-state index in [-0.39, 0.29) is 23.7 Å². The Hall–Kier alpha value is -3.51. The Morgan fingerprint density at radius 3 is 2.38 bits per heavy atom. The first-order valence-corrected chi connectivity index (χ1v) is 16.8. The minimum absolute atomic E-state index is 0.0115. The number of benzene rings is 3. The fourth-order valence-corrected chi connectivity index (χ4v) is 6.60. The van der Waals surface area contributed by atoms with Crippen molar-refractivity contribution >= 4 is 34.9 Å². The molecule has 1 atom stereocenters. The third kappa shape index (κ3) is 8.82. The number of halogens is 1. The van der Waals surface area contributed by atoms with Crippen molar-refractivity contribution in [2.75, 3.05) is 36.0 Å². The molecule has 1 saturated heterocycles. The molecule has 5 rings (SSSR count). The number of aliphatic carboxylic acids is 1. The molecule has 0 radical (unpaired) electrons. The van der Waals surface area contributed by atoms with Gasteiger partial charge in [-0.1, -0.05) is 63.6 Å². The number of aryl methyl sites for hydroxylation is 1. The highest BCUT2D eigenvalue weighted by Gasteiger charge is 2.34. The smallest absolute Gasteiger partial charge is 0.303 e. The predicted octanol–water partition coefficient (Wildman–Crippen LogP) is 8.86. The number of carboxylic acids is 1.